The standard InChI is InChI=1S/C48H32N10/c1-29-35(45-49-17-7-18-50-45)25-31(26-36(29)46-51-19-8-20-52-46)57-39-13-5-3-11-33(39)43-41(57)15-16-42-44(43)34-12-4-6-14-40(34)58(42)32-27-37(47-53-21-9-22-54-47)30(2)38(28-32)48-55-23-10-24-56-48/h3-28H,1-2H3. The van der Waals surface area contributed by atoms with Gasteiger partial charge in [-0.05, 0) is 97.8 Å². The molecule has 0 bridgehead atoms. The summed E-state index contributed by atoms with van der Waals surface area (Å²) in [5.41, 5.74) is 11.9. The summed E-state index contributed by atoms with van der Waals surface area (Å²) in [6.45, 7) is 4.17. The number of para-hydroxylation sites is 2. The summed E-state index contributed by atoms with van der Waals surface area (Å²) in [5.74, 6) is 2.57. The lowest BCUT2D eigenvalue weighted by Gasteiger charge is -2.16. The van der Waals surface area contributed by atoms with E-state index in [0.29, 0.717) is 23.3 Å². The van der Waals surface area contributed by atoms with Crippen molar-refractivity contribution < 1.29 is 0 Å². The monoisotopic (exact) mass is 748 g/mol. The van der Waals surface area contributed by atoms with Crippen molar-refractivity contribution in [1.82, 2.24) is 49.0 Å². The predicted molar refractivity (Wildman–Crippen MR) is 229 cm³/mol. The van der Waals surface area contributed by atoms with E-state index in [-0.39, 0.29) is 0 Å². The van der Waals surface area contributed by atoms with Gasteiger partial charge in [-0.3, -0.25) is 0 Å². The molecule has 10 nitrogen and oxygen atoms in total. The molecule has 0 spiro atoms. The first kappa shape index (κ1) is 33.4. The van der Waals surface area contributed by atoms with Crippen molar-refractivity contribution in [3.8, 4) is 56.9 Å². The Bertz CT molecular complexity index is 3000. The summed E-state index contributed by atoms with van der Waals surface area (Å²) in [5, 5.41) is 4.59. The van der Waals surface area contributed by atoms with Gasteiger partial charge in [-0.15, -0.1) is 0 Å². The molecule has 0 saturated heterocycles. The summed E-state index contributed by atoms with van der Waals surface area (Å²) >= 11 is 0. The molecule has 6 heterocycles. The first-order chi connectivity index (χ1) is 28.6. The molecule has 0 unspecified atom stereocenters. The first-order valence-electron chi connectivity index (χ1n) is 19.0. The van der Waals surface area contributed by atoms with Gasteiger partial charge in [-0.1, -0.05) is 36.4 Å². The second kappa shape index (κ2) is 13.3. The third kappa shape index (κ3) is 5.19. The molecule has 0 amide bonds. The zero-order chi connectivity index (χ0) is 38.7. The van der Waals surface area contributed by atoms with E-state index in [1.165, 1.54) is 0 Å². The quantitative estimate of drug-likeness (QED) is 0.165. The molecule has 11 aromatic rings. The van der Waals surface area contributed by atoms with E-state index in [2.05, 4.69) is 148 Å². The van der Waals surface area contributed by atoms with Crippen LogP contribution < -0.4 is 0 Å². The van der Waals surface area contributed by atoms with Gasteiger partial charge in [0.1, 0.15) is 0 Å². The molecule has 274 valence electrons. The van der Waals surface area contributed by atoms with Gasteiger partial charge in [0.15, 0.2) is 23.3 Å². The molecule has 58 heavy (non-hydrogen) atoms. The van der Waals surface area contributed by atoms with E-state index in [1.54, 1.807) is 49.6 Å². The highest BCUT2D eigenvalue weighted by Crippen LogP contribution is 2.44. The van der Waals surface area contributed by atoms with Crippen LogP contribution in [0.4, 0.5) is 0 Å². The van der Waals surface area contributed by atoms with Crippen molar-refractivity contribution in [2.24, 2.45) is 0 Å². The minimum Gasteiger partial charge on any atom is -0.309 e. The van der Waals surface area contributed by atoms with E-state index in [4.69, 9.17) is 0 Å². The highest BCUT2D eigenvalue weighted by atomic mass is 15.0. The molecule has 0 atom stereocenters. The molecule has 11 rings (SSSR count). The number of benzene rings is 5. The number of fused-ring (bicyclic) bond motifs is 7. The molecule has 0 N–H and O–H groups in total. The van der Waals surface area contributed by atoms with Gasteiger partial charge in [0.2, 0.25) is 0 Å². The lowest BCUT2D eigenvalue weighted by molar-refractivity contribution is 1.12. The Morgan fingerprint density at radius 3 is 0.931 bits per heavy atom. The molecular weight excluding hydrogens is 717 g/mol. The number of rotatable bonds is 6. The molecule has 0 radical (unpaired) electrons. The summed E-state index contributed by atoms with van der Waals surface area (Å²) in [4.78, 5) is 37.4. The largest absolute Gasteiger partial charge is 0.309 e. The summed E-state index contributed by atoms with van der Waals surface area (Å²) < 4.78 is 4.69. The van der Waals surface area contributed by atoms with E-state index in [1.807, 2.05) is 24.3 Å². The maximum atomic E-state index is 4.68. The number of nitrogens with zero attached hydrogens (tertiary/aromatic N) is 10. The van der Waals surface area contributed by atoms with Crippen LogP contribution in [-0.2, 0) is 0 Å². The van der Waals surface area contributed by atoms with Gasteiger partial charge in [-0.25, -0.2) is 39.9 Å². The number of hydrogen-bond acceptors (Lipinski definition) is 8. The molecule has 10 heteroatoms. The maximum absolute atomic E-state index is 4.68. The smallest absolute Gasteiger partial charge is 0.159 e. The van der Waals surface area contributed by atoms with Crippen LogP contribution in [0.1, 0.15) is 11.1 Å². The fourth-order valence-electron chi connectivity index (χ4n) is 8.41. The van der Waals surface area contributed by atoms with Gasteiger partial charge in [0, 0.05) is 105 Å². The van der Waals surface area contributed by atoms with Gasteiger partial charge in [0.25, 0.3) is 0 Å². The Kier molecular flexibility index (Phi) is 7.68. The van der Waals surface area contributed by atoms with Crippen LogP contribution in [0.2, 0.25) is 0 Å². The second-order valence-corrected chi connectivity index (χ2v) is 14.2. The van der Waals surface area contributed by atoms with Crippen molar-refractivity contribution in [1.29, 1.82) is 0 Å². The average molecular weight is 749 g/mol. The molecule has 5 aromatic carbocycles. The van der Waals surface area contributed by atoms with Crippen molar-refractivity contribution in [3.05, 3.63) is 170 Å². The normalized spacial score (nSPS) is 11.6. The Balaban J connectivity index is 1.23. The van der Waals surface area contributed by atoms with Crippen molar-refractivity contribution in [2.75, 3.05) is 0 Å². The molecular formula is C48H32N10. The number of hydrogen-bond donors (Lipinski definition) is 0. The third-order valence-electron chi connectivity index (χ3n) is 11.0. The van der Waals surface area contributed by atoms with Gasteiger partial charge in [0.05, 0.1) is 22.1 Å². The van der Waals surface area contributed by atoms with E-state index in [9.17, 15) is 0 Å². The van der Waals surface area contributed by atoms with Crippen molar-refractivity contribution >= 4 is 43.6 Å². The zero-order valence-corrected chi connectivity index (χ0v) is 31.5. The minimum absolute atomic E-state index is 0.643. The number of aromatic nitrogens is 10. The lowest BCUT2D eigenvalue weighted by atomic mass is 9.99. The summed E-state index contributed by atoms with van der Waals surface area (Å²) in [6, 6.07) is 37.8. The van der Waals surface area contributed by atoms with Crippen molar-refractivity contribution in [2.45, 2.75) is 13.8 Å². The van der Waals surface area contributed by atoms with Crippen LogP contribution in [-0.4, -0.2) is 49.0 Å². The van der Waals surface area contributed by atoms with E-state index >= 15 is 0 Å². The molecule has 0 aliphatic carbocycles. The first-order valence-corrected chi connectivity index (χ1v) is 19.0. The van der Waals surface area contributed by atoms with Crippen LogP contribution in [0.5, 0.6) is 0 Å². The minimum atomic E-state index is 0.643. The Morgan fingerprint density at radius 1 is 0.328 bits per heavy atom. The molecule has 0 aliphatic rings. The Hall–Kier alpha value is -7.98. The Labute approximate surface area is 332 Å². The maximum Gasteiger partial charge on any atom is 0.159 e. The van der Waals surface area contributed by atoms with Crippen LogP contribution in [0.3, 0.4) is 0 Å². The highest BCUT2D eigenvalue weighted by Gasteiger charge is 2.24. The average Bonchev–Trinajstić information content (AvgIpc) is 3.81. The van der Waals surface area contributed by atoms with Crippen LogP contribution >= 0.6 is 0 Å². The van der Waals surface area contributed by atoms with E-state index < -0.39 is 0 Å². The lowest BCUT2D eigenvalue weighted by Crippen LogP contribution is -2.01. The van der Waals surface area contributed by atoms with Crippen LogP contribution in [0.15, 0.2) is 159 Å². The van der Waals surface area contributed by atoms with Crippen molar-refractivity contribution in [3.63, 3.8) is 0 Å². The van der Waals surface area contributed by atoms with Crippen LogP contribution in [0, 0.1) is 13.8 Å². The zero-order valence-electron chi connectivity index (χ0n) is 31.5. The fourth-order valence-corrected chi connectivity index (χ4v) is 8.41. The van der Waals surface area contributed by atoms with Gasteiger partial charge < -0.3 is 9.13 Å². The molecule has 6 aromatic heterocycles. The summed E-state index contributed by atoms with van der Waals surface area (Å²) in [7, 11) is 0. The topological polar surface area (TPSA) is 113 Å². The van der Waals surface area contributed by atoms with Crippen LogP contribution in [0.25, 0.3) is 101 Å². The summed E-state index contributed by atoms with van der Waals surface area (Å²) in [6.07, 6.45) is 14.2. The predicted octanol–water partition coefficient (Wildman–Crippen LogP) is 10.3. The van der Waals surface area contributed by atoms with E-state index in [0.717, 1.165) is 88.4 Å². The molecule has 0 fully saturated rings. The van der Waals surface area contributed by atoms with Gasteiger partial charge >= 0.3 is 0 Å². The Morgan fingerprint density at radius 2 is 0.621 bits per heavy atom. The molecule has 0 aliphatic heterocycles. The second-order valence-electron chi connectivity index (χ2n) is 14.2. The molecule has 0 saturated carbocycles. The fraction of sp³-hybridized carbons (Fsp3) is 0.0417. The third-order valence-corrected chi connectivity index (χ3v) is 11.0. The SMILES string of the molecule is Cc1c(-c2ncccn2)cc(-n2c3ccccc3c3c4c5ccccc5n(-c5cc(-c6ncccn6)c(C)c(-c6ncccn6)c5)c4ccc32)cc1-c1ncccn1. The highest BCUT2D eigenvalue weighted by molar-refractivity contribution is 6.29. The van der Waals surface area contributed by atoms with Gasteiger partial charge in [-0.2, -0.15) is 0 Å².